The van der Waals surface area contributed by atoms with E-state index in [4.69, 9.17) is 4.98 Å². The second-order valence-corrected chi connectivity index (χ2v) is 7.44. The van der Waals surface area contributed by atoms with Crippen LogP contribution in [0.2, 0.25) is 0 Å². The number of hydrogen-bond acceptors (Lipinski definition) is 2. The van der Waals surface area contributed by atoms with Gasteiger partial charge in [-0.05, 0) is 52.2 Å². The average Bonchev–Trinajstić information content (AvgIpc) is 2.78. The maximum absolute atomic E-state index is 5.02. The van der Waals surface area contributed by atoms with Gasteiger partial charge >= 0.3 is 0 Å². The summed E-state index contributed by atoms with van der Waals surface area (Å²) in [7, 11) is 0. The third-order valence-electron chi connectivity index (χ3n) is 4.36. The molecule has 0 aliphatic heterocycles. The number of pyridine rings is 1. The van der Waals surface area contributed by atoms with Crippen molar-refractivity contribution >= 4 is 11.5 Å². The number of imidazole rings is 1. The largest absolute Gasteiger partial charge is 0.365 e. The van der Waals surface area contributed by atoms with Gasteiger partial charge in [0.05, 0.1) is 5.69 Å². The predicted molar refractivity (Wildman–Crippen MR) is 89.1 cm³/mol. The van der Waals surface area contributed by atoms with Crippen LogP contribution in [0.5, 0.6) is 0 Å². The minimum absolute atomic E-state index is 0.0448. The molecule has 1 N–H and O–H groups in total. The Balaban J connectivity index is 2.12. The van der Waals surface area contributed by atoms with E-state index in [0.29, 0.717) is 5.92 Å². The summed E-state index contributed by atoms with van der Waals surface area (Å²) in [5.41, 5.74) is 3.67. The maximum atomic E-state index is 5.02. The lowest BCUT2D eigenvalue weighted by Gasteiger charge is -2.26. The molecule has 1 aliphatic carbocycles. The molecule has 114 valence electrons. The number of nitrogens with zero attached hydrogens (tertiary/aromatic N) is 2. The summed E-state index contributed by atoms with van der Waals surface area (Å²) in [4.78, 5) is 5.02. The highest BCUT2D eigenvalue weighted by molar-refractivity contribution is 5.60. The Bertz CT molecular complexity index is 628. The molecule has 0 amide bonds. The monoisotopic (exact) mass is 285 g/mol. The van der Waals surface area contributed by atoms with Crippen LogP contribution < -0.4 is 5.32 Å². The van der Waals surface area contributed by atoms with Gasteiger partial charge < -0.3 is 5.32 Å². The minimum atomic E-state index is 0.0448. The fraction of sp³-hybridized carbons (Fsp3) is 0.611. The van der Waals surface area contributed by atoms with E-state index in [9.17, 15) is 0 Å². The molecule has 3 heteroatoms. The lowest BCUT2D eigenvalue weighted by atomic mass is 9.87. The Morgan fingerprint density at radius 1 is 1.19 bits per heavy atom. The van der Waals surface area contributed by atoms with Crippen molar-refractivity contribution in [2.75, 3.05) is 5.32 Å². The fourth-order valence-corrected chi connectivity index (χ4v) is 3.36. The Morgan fingerprint density at radius 2 is 1.90 bits per heavy atom. The topological polar surface area (TPSA) is 29.3 Å². The third-order valence-corrected chi connectivity index (χ3v) is 4.36. The van der Waals surface area contributed by atoms with Gasteiger partial charge in [-0.1, -0.05) is 25.3 Å². The van der Waals surface area contributed by atoms with E-state index in [1.165, 1.54) is 49.2 Å². The fourth-order valence-electron chi connectivity index (χ4n) is 3.36. The first-order chi connectivity index (χ1) is 9.96. The Hall–Kier alpha value is -1.51. The van der Waals surface area contributed by atoms with Gasteiger partial charge in [-0.3, -0.25) is 4.40 Å². The van der Waals surface area contributed by atoms with Gasteiger partial charge in [-0.15, -0.1) is 0 Å². The molecule has 3 rings (SSSR count). The molecule has 0 aromatic carbocycles. The number of rotatable bonds is 2. The average molecular weight is 285 g/mol. The number of aromatic nitrogens is 2. The molecule has 1 fully saturated rings. The van der Waals surface area contributed by atoms with Crippen molar-refractivity contribution in [3.05, 3.63) is 29.6 Å². The summed E-state index contributed by atoms with van der Waals surface area (Å²) >= 11 is 0. The van der Waals surface area contributed by atoms with E-state index in [1.807, 2.05) is 0 Å². The molecule has 2 aromatic rings. The molecule has 0 saturated heterocycles. The molecule has 21 heavy (non-hydrogen) atoms. The van der Waals surface area contributed by atoms with Crippen LogP contribution in [0.3, 0.4) is 0 Å². The van der Waals surface area contributed by atoms with Crippen molar-refractivity contribution in [1.82, 2.24) is 9.38 Å². The molecule has 1 saturated carbocycles. The standard InChI is InChI=1S/C18H27N3/c1-13-9-8-12-21-16(13)19-15(14-10-6-5-7-11-14)17(21)20-18(2,3)4/h8-9,12,14,20H,5-7,10-11H2,1-4H3. The highest BCUT2D eigenvalue weighted by Gasteiger charge is 2.25. The minimum Gasteiger partial charge on any atom is -0.365 e. The van der Waals surface area contributed by atoms with Crippen LogP contribution in [0.15, 0.2) is 18.3 Å². The van der Waals surface area contributed by atoms with Crippen LogP contribution >= 0.6 is 0 Å². The zero-order chi connectivity index (χ0) is 15.0. The molecule has 0 spiro atoms. The van der Waals surface area contributed by atoms with Crippen molar-refractivity contribution in [3.63, 3.8) is 0 Å². The third kappa shape index (κ3) is 2.92. The van der Waals surface area contributed by atoms with E-state index in [1.54, 1.807) is 0 Å². The Morgan fingerprint density at radius 3 is 2.57 bits per heavy atom. The Kier molecular flexibility index (Phi) is 3.68. The van der Waals surface area contributed by atoms with E-state index < -0.39 is 0 Å². The zero-order valence-electron chi connectivity index (χ0n) is 13.7. The number of anilines is 1. The zero-order valence-corrected chi connectivity index (χ0v) is 13.7. The van der Waals surface area contributed by atoms with E-state index in [2.05, 4.69) is 55.7 Å². The van der Waals surface area contributed by atoms with Crippen LogP contribution in [0.1, 0.15) is 70.1 Å². The quantitative estimate of drug-likeness (QED) is 0.850. The molecule has 0 radical (unpaired) electrons. The van der Waals surface area contributed by atoms with Gasteiger partial charge in [0.15, 0.2) is 0 Å². The van der Waals surface area contributed by atoms with Crippen molar-refractivity contribution in [2.45, 2.75) is 71.3 Å². The summed E-state index contributed by atoms with van der Waals surface area (Å²) in [5.74, 6) is 1.82. The lowest BCUT2D eigenvalue weighted by molar-refractivity contribution is 0.438. The SMILES string of the molecule is Cc1cccn2c(NC(C)(C)C)c(C3CCCCC3)nc12. The van der Waals surface area contributed by atoms with Crippen LogP contribution in [0.25, 0.3) is 5.65 Å². The van der Waals surface area contributed by atoms with Crippen LogP contribution in [0, 0.1) is 6.92 Å². The Labute approximate surface area is 127 Å². The van der Waals surface area contributed by atoms with Gasteiger partial charge in [0, 0.05) is 17.7 Å². The summed E-state index contributed by atoms with van der Waals surface area (Å²) in [6, 6.07) is 4.26. The number of nitrogens with one attached hydrogen (secondary N) is 1. The summed E-state index contributed by atoms with van der Waals surface area (Å²) < 4.78 is 2.24. The molecule has 0 unspecified atom stereocenters. The molecular formula is C18H27N3. The normalized spacial score (nSPS) is 17.3. The molecule has 0 atom stereocenters. The van der Waals surface area contributed by atoms with Gasteiger partial charge in [0.2, 0.25) is 0 Å². The highest BCUT2D eigenvalue weighted by atomic mass is 15.2. The molecular weight excluding hydrogens is 258 g/mol. The van der Waals surface area contributed by atoms with Crippen LogP contribution in [-0.4, -0.2) is 14.9 Å². The van der Waals surface area contributed by atoms with Crippen molar-refractivity contribution in [2.24, 2.45) is 0 Å². The van der Waals surface area contributed by atoms with E-state index in [0.717, 1.165) is 5.65 Å². The first-order valence-corrected chi connectivity index (χ1v) is 8.21. The lowest BCUT2D eigenvalue weighted by Crippen LogP contribution is -2.28. The predicted octanol–water partition coefficient (Wildman–Crippen LogP) is 4.90. The smallest absolute Gasteiger partial charge is 0.141 e. The van der Waals surface area contributed by atoms with Gasteiger partial charge in [-0.25, -0.2) is 4.98 Å². The number of fused-ring (bicyclic) bond motifs is 1. The summed E-state index contributed by atoms with van der Waals surface area (Å²) in [6.07, 6.45) is 8.75. The second-order valence-electron chi connectivity index (χ2n) is 7.44. The first-order valence-electron chi connectivity index (χ1n) is 8.21. The molecule has 3 nitrogen and oxygen atoms in total. The molecule has 1 aliphatic rings. The number of hydrogen-bond donors (Lipinski definition) is 1. The van der Waals surface area contributed by atoms with Crippen molar-refractivity contribution in [1.29, 1.82) is 0 Å². The summed E-state index contributed by atoms with van der Waals surface area (Å²) in [6.45, 7) is 8.79. The number of aryl methyl sites for hydroxylation is 1. The maximum Gasteiger partial charge on any atom is 0.141 e. The van der Waals surface area contributed by atoms with E-state index in [-0.39, 0.29) is 5.54 Å². The molecule has 2 aromatic heterocycles. The van der Waals surface area contributed by atoms with Gasteiger partial charge in [-0.2, -0.15) is 0 Å². The van der Waals surface area contributed by atoms with Crippen LogP contribution in [0.4, 0.5) is 5.82 Å². The summed E-state index contributed by atoms with van der Waals surface area (Å²) in [5, 5.41) is 3.70. The van der Waals surface area contributed by atoms with Crippen molar-refractivity contribution < 1.29 is 0 Å². The van der Waals surface area contributed by atoms with Gasteiger partial charge in [0.1, 0.15) is 11.5 Å². The first kappa shape index (κ1) is 14.4. The van der Waals surface area contributed by atoms with E-state index >= 15 is 0 Å². The van der Waals surface area contributed by atoms with Crippen LogP contribution in [-0.2, 0) is 0 Å². The molecule has 2 heterocycles. The van der Waals surface area contributed by atoms with Gasteiger partial charge in [0.25, 0.3) is 0 Å². The second kappa shape index (κ2) is 5.36. The van der Waals surface area contributed by atoms with Crippen molar-refractivity contribution in [3.8, 4) is 0 Å². The highest BCUT2D eigenvalue weighted by Crippen LogP contribution is 2.37. The molecule has 0 bridgehead atoms.